The Kier molecular flexibility index (Phi) is 7.04. The smallest absolute Gasteiger partial charge is 0.266 e. The van der Waals surface area contributed by atoms with Gasteiger partial charge in [0.1, 0.15) is 4.32 Å². The van der Waals surface area contributed by atoms with Gasteiger partial charge in [0.25, 0.3) is 5.91 Å². The molecule has 0 radical (unpaired) electrons. The first-order valence-electron chi connectivity index (χ1n) is 9.31. The van der Waals surface area contributed by atoms with Crippen LogP contribution in [0.1, 0.15) is 37.7 Å². The molecule has 2 saturated heterocycles. The first-order chi connectivity index (χ1) is 13.1. The van der Waals surface area contributed by atoms with Crippen molar-refractivity contribution in [1.29, 1.82) is 0 Å². The molecule has 2 amide bonds. The molecule has 1 atom stereocenters. The van der Waals surface area contributed by atoms with Crippen LogP contribution in [0.15, 0.2) is 35.2 Å². The summed E-state index contributed by atoms with van der Waals surface area (Å²) in [5.41, 5.74) is 0.953. The number of carbonyl (C=O) groups excluding carboxylic acids is 2. The summed E-state index contributed by atoms with van der Waals surface area (Å²) in [7, 11) is 0. The summed E-state index contributed by atoms with van der Waals surface area (Å²) in [6.07, 6.45) is 5.73. The van der Waals surface area contributed by atoms with Gasteiger partial charge in [0, 0.05) is 32.2 Å². The number of likely N-dealkylation sites (tertiary alicyclic amines) is 1. The van der Waals surface area contributed by atoms with Crippen LogP contribution in [0.25, 0.3) is 6.08 Å². The molecule has 0 aliphatic carbocycles. The zero-order chi connectivity index (χ0) is 19.2. The maximum absolute atomic E-state index is 12.7. The Bertz CT molecular complexity index is 734. The van der Waals surface area contributed by atoms with Crippen LogP contribution in [-0.2, 0) is 9.59 Å². The van der Waals surface area contributed by atoms with Crippen molar-refractivity contribution in [2.75, 3.05) is 19.7 Å². The first kappa shape index (κ1) is 20.0. The molecule has 0 saturated carbocycles. The molecule has 2 heterocycles. The Balaban J connectivity index is 1.60. The second-order valence-corrected chi connectivity index (χ2v) is 8.42. The number of benzene rings is 1. The summed E-state index contributed by atoms with van der Waals surface area (Å²) in [5.74, 6) is -0.0959. The van der Waals surface area contributed by atoms with E-state index >= 15 is 0 Å². The molecule has 0 spiro atoms. The number of thioether (sulfide) groups is 1. The minimum absolute atomic E-state index is 0.0363. The standard InChI is InChI=1S/C20H24N2O3S2/c23-13-10-16-8-4-5-11-21(16)18(24)9-12-22-19(25)17(27-20(22)26)14-15-6-2-1-3-7-15/h1-3,6-7,14,16,23H,4-5,8-13H2/b17-14+. The van der Waals surface area contributed by atoms with Crippen molar-refractivity contribution in [3.63, 3.8) is 0 Å². The minimum atomic E-state index is -0.132. The topological polar surface area (TPSA) is 60.9 Å². The van der Waals surface area contributed by atoms with Crippen molar-refractivity contribution in [2.45, 2.75) is 38.1 Å². The van der Waals surface area contributed by atoms with Gasteiger partial charge in [-0.25, -0.2) is 0 Å². The first-order valence-corrected chi connectivity index (χ1v) is 10.5. The molecular weight excluding hydrogens is 380 g/mol. The number of aliphatic hydroxyl groups is 1. The van der Waals surface area contributed by atoms with Gasteiger partial charge < -0.3 is 10.0 Å². The van der Waals surface area contributed by atoms with E-state index in [1.165, 1.54) is 16.7 Å². The fraction of sp³-hybridized carbons (Fsp3) is 0.450. The van der Waals surface area contributed by atoms with E-state index in [2.05, 4.69) is 0 Å². The van der Waals surface area contributed by atoms with Gasteiger partial charge in [0.2, 0.25) is 5.91 Å². The quantitative estimate of drug-likeness (QED) is 0.583. The monoisotopic (exact) mass is 404 g/mol. The van der Waals surface area contributed by atoms with E-state index < -0.39 is 0 Å². The Morgan fingerprint density at radius 3 is 2.81 bits per heavy atom. The fourth-order valence-electron chi connectivity index (χ4n) is 3.52. The number of amides is 2. The maximum Gasteiger partial charge on any atom is 0.266 e. The number of nitrogens with zero attached hydrogens (tertiary/aromatic N) is 2. The van der Waals surface area contributed by atoms with Crippen LogP contribution in [-0.4, -0.2) is 56.8 Å². The minimum Gasteiger partial charge on any atom is -0.396 e. The van der Waals surface area contributed by atoms with Crippen molar-refractivity contribution in [1.82, 2.24) is 9.80 Å². The van der Waals surface area contributed by atoms with E-state index in [1.807, 2.05) is 41.3 Å². The number of thiocarbonyl (C=S) groups is 1. The largest absolute Gasteiger partial charge is 0.396 e. The fourth-order valence-corrected chi connectivity index (χ4v) is 4.83. The van der Waals surface area contributed by atoms with E-state index in [-0.39, 0.29) is 30.9 Å². The Morgan fingerprint density at radius 1 is 1.30 bits per heavy atom. The van der Waals surface area contributed by atoms with Crippen molar-refractivity contribution in [3.05, 3.63) is 40.8 Å². The molecule has 5 nitrogen and oxygen atoms in total. The summed E-state index contributed by atoms with van der Waals surface area (Å²) in [5, 5.41) is 9.22. The van der Waals surface area contributed by atoms with Crippen LogP contribution in [0.5, 0.6) is 0 Å². The molecule has 2 aliphatic heterocycles. The number of rotatable bonds is 6. The van der Waals surface area contributed by atoms with Crippen LogP contribution in [0.4, 0.5) is 0 Å². The van der Waals surface area contributed by atoms with Crippen LogP contribution in [0.2, 0.25) is 0 Å². The van der Waals surface area contributed by atoms with Crippen LogP contribution >= 0.6 is 24.0 Å². The van der Waals surface area contributed by atoms with E-state index in [4.69, 9.17) is 12.2 Å². The SMILES string of the molecule is O=C1/C(=C\c2ccccc2)SC(=S)N1CCC(=O)N1CCCCC1CCO. The Morgan fingerprint density at radius 2 is 2.07 bits per heavy atom. The van der Waals surface area contributed by atoms with Crippen molar-refractivity contribution >= 4 is 46.2 Å². The van der Waals surface area contributed by atoms with E-state index in [9.17, 15) is 14.7 Å². The highest BCUT2D eigenvalue weighted by molar-refractivity contribution is 8.26. The van der Waals surface area contributed by atoms with Crippen LogP contribution < -0.4 is 0 Å². The molecule has 1 aromatic rings. The molecule has 1 aromatic carbocycles. The maximum atomic E-state index is 12.7. The summed E-state index contributed by atoms with van der Waals surface area (Å²) < 4.78 is 0.500. The second kappa shape index (κ2) is 9.48. The van der Waals surface area contributed by atoms with Crippen molar-refractivity contribution in [2.24, 2.45) is 0 Å². The lowest BCUT2D eigenvalue weighted by Gasteiger charge is -2.36. The predicted molar refractivity (Wildman–Crippen MR) is 112 cm³/mol. The van der Waals surface area contributed by atoms with E-state index in [0.29, 0.717) is 22.2 Å². The van der Waals surface area contributed by atoms with Crippen molar-refractivity contribution < 1.29 is 14.7 Å². The molecule has 2 fully saturated rings. The molecule has 2 aliphatic rings. The normalized spacial score (nSPS) is 22.0. The Labute approximate surface area is 169 Å². The average molecular weight is 405 g/mol. The lowest BCUT2D eigenvalue weighted by atomic mass is 9.99. The molecule has 27 heavy (non-hydrogen) atoms. The highest BCUT2D eigenvalue weighted by Gasteiger charge is 2.33. The number of hydrogen-bond donors (Lipinski definition) is 1. The molecule has 144 valence electrons. The molecule has 3 rings (SSSR count). The lowest BCUT2D eigenvalue weighted by Crippen LogP contribution is -2.45. The summed E-state index contributed by atoms with van der Waals surface area (Å²) in [6, 6.07) is 9.76. The number of aliphatic hydroxyl groups excluding tert-OH is 1. The van der Waals surface area contributed by atoms with Gasteiger partial charge in [-0.3, -0.25) is 14.5 Å². The third kappa shape index (κ3) is 4.97. The zero-order valence-corrected chi connectivity index (χ0v) is 16.8. The van der Waals surface area contributed by atoms with Gasteiger partial charge in [-0.05, 0) is 37.3 Å². The lowest BCUT2D eigenvalue weighted by molar-refractivity contribution is -0.135. The molecule has 1 unspecified atom stereocenters. The summed E-state index contributed by atoms with van der Waals surface area (Å²) in [4.78, 5) is 29.3. The van der Waals surface area contributed by atoms with Gasteiger partial charge >= 0.3 is 0 Å². The van der Waals surface area contributed by atoms with Crippen molar-refractivity contribution in [3.8, 4) is 0 Å². The molecular formula is C20H24N2O3S2. The van der Waals surface area contributed by atoms with Crippen LogP contribution in [0, 0.1) is 0 Å². The average Bonchev–Trinajstić information content (AvgIpc) is 2.94. The number of hydrogen-bond acceptors (Lipinski definition) is 5. The predicted octanol–water partition coefficient (Wildman–Crippen LogP) is 3.04. The van der Waals surface area contributed by atoms with Gasteiger partial charge in [-0.15, -0.1) is 0 Å². The van der Waals surface area contributed by atoms with E-state index in [0.717, 1.165) is 31.4 Å². The highest BCUT2D eigenvalue weighted by Crippen LogP contribution is 2.32. The third-order valence-electron chi connectivity index (χ3n) is 4.93. The van der Waals surface area contributed by atoms with E-state index in [1.54, 1.807) is 0 Å². The van der Waals surface area contributed by atoms with Gasteiger partial charge in [0.15, 0.2) is 0 Å². The molecule has 7 heteroatoms. The number of carbonyl (C=O) groups is 2. The van der Waals surface area contributed by atoms with Gasteiger partial charge in [-0.2, -0.15) is 0 Å². The molecule has 1 N–H and O–H groups in total. The zero-order valence-electron chi connectivity index (χ0n) is 15.2. The van der Waals surface area contributed by atoms with Gasteiger partial charge in [-0.1, -0.05) is 54.3 Å². The van der Waals surface area contributed by atoms with Crippen LogP contribution in [0.3, 0.4) is 0 Å². The number of piperidine rings is 1. The summed E-state index contributed by atoms with van der Waals surface area (Å²) in [6.45, 7) is 1.13. The third-order valence-corrected chi connectivity index (χ3v) is 6.31. The second-order valence-electron chi connectivity index (χ2n) is 6.74. The molecule has 0 aromatic heterocycles. The summed E-state index contributed by atoms with van der Waals surface area (Å²) >= 11 is 6.64. The Hall–Kier alpha value is -1.70. The van der Waals surface area contributed by atoms with Gasteiger partial charge in [0.05, 0.1) is 4.91 Å². The molecule has 0 bridgehead atoms. The highest BCUT2D eigenvalue weighted by atomic mass is 32.2.